The first-order valence-electron chi connectivity index (χ1n) is 16.1. The average Bonchev–Trinajstić information content (AvgIpc) is 3.48. The molecule has 7 nitrogen and oxygen atoms in total. The van der Waals surface area contributed by atoms with Gasteiger partial charge in [-0.15, -0.1) is 0 Å². The Morgan fingerprint density at radius 1 is 0.923 bits per heavy atom. The van der Waals surface area contributed by atoms with Crippen LogP contribution in [0.1, 0.15) is 122 Å². The van der Waals surface area contributed by atoms with Gasteiger partial charge in [-0.1, -0.05) is 33.6 Å². The smallest absolute Gasteiger partial charge is 0.223 e. The molecule has 2 N–H and O–H groups in total. The lowest BCUT2D eigenvalue weighted by Crippen LogP contribution is -2.47. The zero-order valence-electron chi connectivity index (χ0n) is 24.8. The van der Waals surface area contributed by atoms with E-state index in [4.69, 9.17) is 9.97 Å². The van der Waals surface area contributed by atoms with Gasteiger partial charge in [0.1, 0.15) is 11.6 Å². The Balaban J connectivity index is 1.05. The van der Waals surface area contributed by atoms with Crippen LogP contribution in [0.2, 0.25) is 0 Å². The van der Waals surface area contributed by atoms with Crippen LogP contribution in [-0.4, -0.2) is 70.8 Å². The fourth-order valence-electron chi connectivity index (χ4n) is 7.20. The summed E-state index contributed by atoms with van der Waals surface area (Å²) in [6.45, 7) is 12.2. The molecule has 1 amide bonds. The summed E-state index contributed by atoms with van der Waals surface area (Å²) >= 11 is 0. The zero-order chi connectivity index (χ0) is 27.4. The van der Waals surface area contributed by atoms with Gasteiger partial charge in [0.05, 0.1) is 6.10 Å². The second-order valence-corrected chi connectivity index (χ2v) is 14.1. The number of rotatable bonds is 7. The van der Waals surface area contributed by atoms with Crippen LogP contribution in [0.3, 0.4) is 0 Å². The first-order chi connectivity index (χ1) is 18.7. The summed E-state index contributed by atoms with van der Waals surface area (Å²) in [5.41, 5.74) is 1.24. The van der Waals surface area contributed by atoms with Crippen LogP contribution >= 0.6 is 0 Å². The van der Waals surface area contributed by atoms with E-state index in [1.165, 1.54) is 57.2 Å². The highest BCUT2D eigenvalue weighted by Crippen LogP contribution is 2.36. The minimum atomic E-state index is -0.199. The third-order valence-corrected chi connectivity index (χ3v) is 9.99. The van der Waals surface area contributed by atoms with Gasteiger partial charge < -0.3 is 15.3 Å². The number of nitrogens with zero attached hydrogens (tertiary/aromatic N) is 4. The Labute approximate surface area is 236 Å². The largest absolute Gasteiger partial charge is 0.393 e. The molecule has 1 aromatic heterocycles. The molecule has 0 spiro atoms. The molecule has 0 atom stereocenters. The lowest BCUT2D eigenvalue weighted by molar-refractivity contribution is -0.127. The number of hydrogen-bond donors (Lipinski definition) is 2. The molecule has 3 aliphatic carbocycles. The van der Waals surface area contributed by atoms with Crippen LogP contribution in [-0.2, 0) is 10.2 Å². The van der Waals surface area contributed by atoms with Crippen molar-refractivity contribution < 1.29 is 9.90 Å². The third kappa shape index (κ3) is 7.72. The van der Waals surface area contributed by atoms with Gasteiger partial charge in [0.2, 0.25) is 5.91 Å². The monoisotopic (exact) mass is 539 g/mol. The first kappa shape index (κ1) is 28.8. The minimum Gasteiger partial charge on any atom is -0.393 e. The van der Waals surface area contributed by atoms with Gasteiger partial charge in [0, 0.05) is 61.2 Å². The number of piperazine rings is 1. The van der Waals surface area contributed by atoms with Crippen molar-refractivity contribution in [2.45, 2.75) is 128 Å². The number of nitrogens with one attached hydrogen (secondary N) is 1. The van der Waals surface area contributed by atoms with E-state index in [0.717, 1.165) is 82.3 Å². The van der Waals surface area contributed by atoms with Crippen molar-refractivity contribution in [1.29, 1.82) is 0 Å². The molecule has 7 heteroatoms. The van der Waals surface area contributed by atoms with Crippen LogP contribution in [0.5, 0.6) is 0 Å². The molecule has 4 aliphatic rings. The highest BCUT2D eigenvalue weighted by molar-refractivity contribution is 5.79. The van der Waals surface area contributed by atoms with E-state index in [2.05, 4.69) is 42.0 Å². The number of carbonyl (C=O) groups is 1. The van der Waals surface area contributed by atoms with Crippen LogP contribution in [0.4, 0.5) is 5.82 Å². The Kier molecular flexibility index (Phi) is 9.48. The fraction of sp³-hybridized carbons (Fsp3) is 0.844. The van der Waals surface area contributed by atoms with Crippen LogP contribution < -0.4 is 10.2 Å². The molecular formula is C32H53N5O2. The van der Waals surface area contributed by atoms with E-state index >= 15 is 0 Å². The summed E-state index contributed by atoms with van der Waals surface area (Å²) in [4.78, 5) is 27.9. The van der Waals surface area contributed by atoms with Crippen molar-refractivity contribution in [1.82, 2.24) is 20.2 Å². The normalized spacial score (nSPS) is 29.5. The van der Waals surface area contributed by atoms with E-state index in [9.17, 15) is 9.90 Å². The average molecular weight is 540 g/mol. The SMILES string of the molecule is CC(C)(C)c1nc(C2CCCC2)cc(N2CCN(CC[C@H]3CC[C@H](NC(=O)[C@H]4CC[C@H](O)CC4)CC3)CC2)n1. The summed E-state index contributed by atoms with van der Waals surface area (Å²) in [6, 6.07) is 2.65. The van der Waals surface area contributed by atoms with Crippen molar-refractivity contribution in [3.05, 3.63) is 17.6 Å². The Morgan fingerprint density at radius 3 is 2.23 bits per heavy atom. The molecule has 4 fully saturated rings. The summed E-state index contributed by atoms with van der Waals surface area (Å²) < 4.78 is 0. The topological polar surface area (TPSA) is 81.6 Å². The van der Waals surface area contributed by atoms with Gasteiger partial charge in [-0.3, -0.25) is 9.69 Å². The number of hydrogen-bond acceptors (Lipinski definition) is 6. The van der Waals surface area contributed by atoms with Crippen LogP contribution in [0.15, 0.2) is 6.07 Å². The van der Waals surface area contributed by atoms with E-state index in [-0.39, 0.29) is 23.3 Å². The molecule has 1 saturated heterocycles. The summed E-state index contributed by atoms with van der Waals surface area (Å²) in [7, 11) is 0. The van der Waals surface area contributed by atoms with E-state index < -0.39 is 0 Å². The Bertz CT molecular complexity index is 932. The maximum atomic E-state index is 12.7. The van der Waals surface area contributed by atoms with Crippen molar-refractivity contribution in [2.75, 3.05) is 37.6 Å². The van der Waals surface area contributed by atoms with Crippen molar-refractivity contribution in [3.63, 3.8) is 0 Å². The molecule has 0 bridgehead atoms. The maximum absolute atomic E-state index is 12.7. The molecule has 0 unspecified atom stereocenters. The minimum absolute atomic E-state index is 0.0353. The number of aliphatic hydroxyl groups excluding tert-OH is 1. The maximum Gasteiger partial charge on any atom is 0.223 e. The van der Waals surface area contributed by atoms with Gasteiger partial charge in [-0.2, -0.15) is 0 Å². The highest BCUT2D eigenvalue weighted by Gasteiger charge is 2.30. The summed E-state index contributed by atoms with van der Waals surface area (Å²) in [5.74, 6) is 3.87. The number of amides is 1. The van der Waals surface area contributed by atoms with Crippen molar-refractivity contribution in [2.24, 2.45) is 11.8 Å². The highest BCUT2D eigenvalue weighted by atomic mass is 16.3. The van der Waals surface area contributed by atoms with Crippen molar-refractivity contribution in [3.8, 4) is 0 Å². The quantitative estimate of drug-likeness (QED) is 0.498. The van der Waals surface area contributed by atoms with Gasteiger partial charge >= 0.3 is 0 Å². The Hall–Kier alpha value is -1.73. The molecule has 1 aliphatic heterocycles. The Morgan fingerprint density at radius 2 is 1.59 bits per heavy atom. The molecule has 1 aromatic rings. The van der Waals surface area contributed by atoms with Crippen LogP contribution in [0.25, 0.3) is 0 Å². The second-order valence-electron chi connectivity index (χ2n) is 14.1. The zero-order valence-corrected chi connectivity index (χ0v) is 24.8. The molecular weight excluding hydrogens is 486 g/mol. The summed E-state index contributed by atoms with van der Waals surface area (Å²) in [5, 5.41) is 13.0. The molecule has 0 aromatic carbocycles. The molecule has 2 heterocycles. The molecule has 3 saturated carbocycles. The predicted octanol–water partition coefficient (Wildman–Crippen LogP) is 5.17. The number of carbonyl (C=O) groups excluding carboxylic acids is 1. The lowest BCUT2D eigenvalue weighted by Gasteiger charge is -2.37. The molecule has 218 valence electrons. The second kappa shape index (κ2) is 12.8. The van der Waals surface area contributed by atoms with Gasteiger partial charge in [0.25, 0.3) is 0 Å². The van der Waals surface area contributed by atoms with E-state index in [1.54, 1.807) is 0 Å². The van der Waals surface area contributed by atoms with Gasteiger partial charge in [0.15, 0.2) is 0 Å². The van der Waals surface area contributed by atoms with E-state index in [1.807, 2.05) is 0 Å². The number of aromatic nitrogens is 2. The standard InChI is InChI=1S/C32H53N5O2/c1-32(2,3)31-34-28(24-6-4-5-7-24)22-29(35-31)37-20-18-36(19-21-37)17-16-23-8-12-26(13-9-23)33-30(39)25-10-14-27(38)15-11-25/h22-27,38H,4-21H2,1-3H3,(H,33,39)/t23-,25-,26-,27-. The molecule has 5 rings (SSSR count). The van der Waals surface area contributed by atoms with Crippen LogP contribution in [0, 0.1) is 11.8 Å². The predicted molar refractivity (Wildman–Crippen MR) is 157 cm³/mol. The first-order valence-corrected chi connectivity index (χ1v) is 16.1. The van der Waals surface area contributed by atoms with Gasteiger partial charge in [-0.25, -0.2) is 9.97 Å². The van der Waals surface area contributed by atoms with Crippen molar-refractivity contribution >= 4 is 11.7 Å². The fourth-order valence-corrected chi connectivity index (χ4v) is 7.20. The lowest BCUT2D eigenvalue weighted by atomic mass is 9.83. The summed E-state index contributed by atoms with van der Waals surface area (Å²) in [6.07, 6.45) is 14.2. The number of anilines is 1. The molecule has 0 radical (unpaired) electrons. The van der Waals surface area contributed by atoms with E-state index in [0.29, 0.717) is 12.0 Å². The third-order valence-electron chi connectivity index (χ3n) is 9.99. The number of aliphatic hydroxyl groups is 1. The molecule has 39 heavy (non-hydrogen) atoms. The van der Waals surface area contributed by atoms with Gasteiger partial charge in [-0.05, 0) is 83.1 Å².